The van der Waals surface area contributed by atoms with Gasteiger partial charge < -0.3 is 9.80 Å². The Morgan fingerprint density at radius 2 is 1.72 bits per heavy atom. The zero-order chi connectivity index (χ0) is 27.6. The highest BCUT2D eigenvalue weighted by Gasteiger charge is 2.32. The second-order valence-corrected chi connectivity index (χ2v) is 10.7. The third kappa shape index (κ3) is 6.47. The fraction of sp³-hybridized carbons (Fsp3) is 0.433. The molecule has 9 heteroatoms. The Morgan fingerprint density at radius 3 is 2.41 bits per heavy atom. The van der Waals surface area contributed by atoms with Crippen molar-refractivity contribution in [1.29, 1.82) is 0 Å². The van der Waals surface area contributed by atoms with E-state index in [-0.39, 0.29) is 12.2 Å². The Hall–Kier alpha value is -3.30. The van der Waals surface area contributed by atoms with Crippen LogP contribution in [0.3, 0.4) is 0 Å². The lowest BCUT2D eigenvalue weighted by Gasteiger charge is -2.35. The SMILES string of the molecule is CCC1CN(c2cncnc2)Cc2cc(C(=O)Cc3cc(CN4CCN(C)CC4)cc(C(F)(F)F)c3)ccc21. The topological polar surface area (TPSA) is 52.6 Å². The minimum atomic E-state index is -4.47. The molecule has 2 aliphatic rings. The third-order valence-corrected chi connectivity index (χ3v) is 7.86. The molecule has 0 radical (unpaired) electrons. The predicted octanol–water partition coefficient (Wildman–Crippen LogP) is 5.18. The van der Waals surface area contributed by atoms with E-state index >= 15 is 0 Å². The molecule has 2 aromatic carbocycles. The molecule has 0 amide bonds. The molecule has 0 saturated carbocycles. The summed E-state index contributed by atoms with van der Waals surface area (Å²) in [6, 6.07) is 9.85. The predicted molar refractivity (Wildman–Crippen MR) is 145 cm³/mol. The molecule has 3 aromatic rings. The van der Waals surface area contributed by atoms with E-state index in [1.807, 2.05) is 25.2 Å². The highest BCUT2D eigenvalue weighted by Crippen LogP contribution is 2.34. The molecule has 0 aliphatic carbocycles. The van der Waals surface area contributed by atoms with Crippen LogP contribution in [-0.2, 0) is 25.7 Å². The van der Waals surface area contributed by atoms with Crippen molar-refractivity contribution in [2.75, 3.05) is 44.7 Å². The average molecular weight is 538 g/mol. The van der Waals surface area contributed by atoms with Crippen molar-refractivity contribution >= 4 is 11.5 Å². The van der Waals surface area contributed by atoms with Gasteiger partial charge in [-0.25, -0.2) is 9.97 Å². The maximum absolute atomic E-state index is 13.8. The van der Waals surface area contributed by atoms with Gasteiger partial charge in [-0.05, 0) is 53.9 Å². The maximum Gasteiger partial charge on any atom is 0.416 e. The van der Waals surface area contributed by atoms with Gasteiger partial charge in [0.05, 0.1) is 23.6 Å². The fourth-order valence-corrected chi connectivity index (χ4v) is 5.62. The molecule has 5 rings (SSSR count). The summed E-state index contributed by atoms with van der Waals surface area (Å²) in [4.78, 5) is 28.2. The molecule has 206 valence electrons. The van der Waals surface area contributed by atoms with Gasteiger partial charge in [-0.1, -0.05) is 25.1 Å². The molecule has 0 spiro atoms. The van der Waals surface area contributed by atoms with E-state index in [0.29, 0.717) is 35.7 Å². The van der Waals surface area contributed by atoms with Crippen LogP contribution >= 0.6 is 0 Å². The number of nitrogens with zero attached hydrogens (tertiary/aromatic N) is 5. The van der Waals surface area contributed by atoms with Crippen molar-refractivity contribution in [1.82, 2.24) is 19.8 Å². The van der Waals surface area contributed by atoms with Gasteiger partial charge in [0, 0.05) is 63.7 Å². The summed E-state index contributed by atoms with van der Waals surface area (Å²) in [5.74, 6) is 0.120. The quantitative estimate of drug-likeness (QED) is 0.387. The summed E-state index contributed by atoms with van der Waals surface area (Å²) in [7, 11) is 2.04. The number of aromatic nitrogens is 2. The van der Waals surface area contributed by atoms with Crippen molar-refractivity contribution < 1.29 is 18.0 Å². The zero-order valence-corrected chi connectivity index (χ0v) is 22.4. The molecule has 6 nitrogen and oxygen atoms in total. The zero-order valence-electron chi connectivity index (χ0n) is 22.4. The van der Waals surface area contributed by atoms with Crippen molar-refractivity contribution in [3.63, 3.8) is 0 Å². The highest BCUT2D eigenvalue weighted by atomic mass is 19.4. The van der Waals surface area contributed by atoms with Gasteiger partial charge in [-0.15, -0.1) is 0 Å². The van der Waals surface area contributed by atoms with Gasteiger partial charge in [0.2, 0.25) is 0 Å². The van der Waals surface area contributed by atoms with E-state index in [1.54, 1.807) is 18.5 Å². The summed E-state index contributed by atoms with van der Waals surface area (Å²) in [5.41, 5.74) is 4.01. The number of likely N-dealkylation sites (N-methyl/N-ethyl adjacent to an activating group) is 1. The molecule has 0 N–H and O–H groups in total. The first kappa shape index (κ1) is 27.3. The highest BCUT2D eigenvalue weighted by molar-refractivity contribution is 5.97. The number of alkyl halides is 3. The molecule has 2 aliphatic heterocycles. The molecule has 1 unspecified atom stereocenters. The Morgan fingerprint density at radius 1 is 1.00 bits per heavy atom. The van der Waals surface area contributed by atoms with E-state index in [4.69, 9.17) is 0 Å². The van der Waals surface area contributed by atoms with Gasteiger partial charge in [0.15, 0.2) is 5.78 Å². The van der Waals surface area contributed by atoms with Gasteiger partial charge >= 0.3 is 6.18 Å². The monoisotopic (exact) mass is 537 g/mol. The van der Waals surface area contributed by atoms with E-state index in [0.717, 1.165) is 56.5 Å². The van der Waals surface area contributed by atoms with E-state index < -0.39 is 11.7 Å². The molecule has 1 fully saturated rings. The first-order valence-electron chi connectivity index (χ1n) is 13.5. The van der Waals surface area contributed by atoms with E-state index in [1.165, 1.54) is 18.0 Å². The lowest BCUT2D eigenvalue weighted by Crippen LogP contribution is -2.43. The molecule has 1 aromatic heterocycles. The number of Topliss-reactive ketones (excluding diaryl/α,β-unsaturated/α-hetero) is 1. The Bertz CT molecular complexity index is 1310. The van der Waals surface area contributed by atoms with Crippen LogP contribution in [0.5, 0.6) is 0 Å². The van der Waals surface area contributed by atoms with Gasteiger partial charge in [-0.3, -0.25) is 9.69 Å². The van der Waals surface area contributed by atoms with Crippen LogP contribution in [0.1, 0.15) is 57.4 Å². The van der Waals surface area contributed by atoms with Crippen LogP contribution in [0.25, 0.3) is 0 Å². The summed E-state index contributed by atoms with van der Waals surface area (Å²) in [6.45, 7) is 7.43. The van der Waals surface area contributed by atoms with Crippen molar-refractivity contribution in [2.45, 2.75) is 44.9 Å². The van der Waals surface area contributed by atoms with Gasteiger partial charge in [0.25, 0.3) is 0 Å². The second-order valence-electron chi connectivity index (χ2n) is 10.7. The maximum atomic E-state index is 13.8. The van der Waals surface area contributed by atoms with Gasteiger partial charge in [0.1, 0.15) is 6.33 Å². The minimum absolute atomic E-state index is 0.0775. The molecular weight excluding hydrogens is 503 g/mol. The number of fused-ring (bicyclic) bond motifs is 1. The molecule has 0 bridgehead atoms. The number of halogens is 3. The van der Waals surface area contributed by atoms with Crippen LogP contribution in [0.15, 0.2) is 55.1 Å². The Kier molecular flexibility index (Phi) is 8.00. The summed E-state index contributed by atoms with van der Waals surface area (Å²) in [5, 5.41) is 0. The Labute approximate surface area is 227 Å². The summed E-state index contributed by atoms with van der Waals surface area (Å²) >= 11 is 0. The number of hydrogen-bond acceptors (Lipinski definition) is 6. The normalized spacial score (nSPS) is 18.7. The number of carbonyl (C=O) groups excluding carboxylic acids is 1. The summed E-state index contributed by atoms with van der Waals surface area (Å²) in [6.07, 6.45) is 1.47. The van der Waals surface area contributed by atoms with Crippen LogP contribution in [-0.4, -0.2) is 65.3 Å². The molecular formula is C30H34F3N5O. The first-order valence-corrected chi connectivity index (χ1v) is 13.5. The number of hydrogen-bond donors (Lipinski definition) is 0. The van der Waals surface area contributed by atoms with Crippen molar-refractivity contribution in [3.05, 3.63) is 88.5 Å². The van der Waals surface area contributed by atoms with E-state index in [9.17, 15) is 18.0 Å². The van der Waals surface area contributed by atoms with E-state index in [2.05, 4.69) is 31.6 Å². The number of rotatable bonds is 7. The van der Waals surface area contributed by atoms with Gasteiger partial charge in [-0.2, -0.15) is 13.2 Å². The number of carbonyl (C=O) groups is 1. The average Bonchev–Trinajstić information content (AvgIpc) is 2.93. The third-order valence-electron chi connectivity index (χ3n) is 7.86. The molecule has 3 heterocycles. The fourth-order valence-electron chi connectivity index (χ4n) is 5.62. The smallest absolute Gasteiger partial charge is 0.364 e. The number of ketones is 1. The molecule has 1 atom stereocenters. The lowest BCUT2D eigenvalue weighted by atomic mass is 9.86. The van der Waals surface area contributed by atoms with Crippen LogP contribution in [0.4, 0.5) is 18.9 Å². The first-order chi connectivity index (χ1) is 18.7. The van der Waals surface area contributed by atoms with Crippen LogP contribution < -0.4 is 4.90 Å². The van der Waals surface area contributed by atoms with Crippen molar-refractivity contribution in [2.24, 2.45) is 0 Å². The lowest BCUT2D eigenvalue weighted by molar-refractivity contribution is -0.137. The summed E-state index contributed by atoms with van der Waals surface area (Å²) < 4.78 is 41.3. The molecule has 1 saturated heterocycles. The largest absolute Gasteiger partial charge is 0.416 e. The van der Waals surface area contributed by atoms with Crippen molar-refractivity contribution in [3.8, 4) is 0 Å². The second kappa shape index (κ2) is 11.4. The minimum Gasteiger partial charge on any atom is -0.364 e. The standard InChI is InChI=1S/C30H34F3N5O/c1-3-23-18-38(27-15-34-20-35-16-27)19-25-14-24(4-5-28(23)25)29(39)13-21-10-22(12-26(11-21)30(31,32)33)17-37-8-6-36(2)7-9-37/h4-5,10-12,14-16,20,23H,3,6-9,13,17-19H2,1-2H3. The number of benzene rings is 2. The van der Waals surface area contributed by atoms with Crippen LogP contribution in [0.2, 0.25) is 0 Å². The Balaban J connectivity index is 1.37. The number of anilines is 1. The molecule has 39 heavy (non-hydrogen) atoms. The van der Waals surface area contributed by atoms with Crippen LogP contribution in [0, 0.1) is 0 Å². The number of piperazine rings is 1.